The number of carbonyl (C=O) groups is 1. The van der Waals surface area contributed by atoms with Gasteiger partial charge < -0.3 is 10.1 Å². The molecule has 1 fully saturated rings. The number of pyridine rings is 1. The summed E-state index contributed by atoms with van der Waals surface area (Å²) in [4.78, 5) is 16.3. The quantitative estimate of drug-likeness (QED) is 0.855. The molecule has 4 heteroatoms. The summed E-state index contributed by atoms with van der Waals surface area (Å²) in [7, 11) is 0. The Balaban J connectivity index is 2.11. The lowest BCUT2D eigenvalue weighted by Crippen LogP contribution is -2.34. The fraction of sp³-hybridized carbons (Fsp3) is 0.625. The van der Waals surface area contributed by atoms with E-state index in [1.165, 1.54) is 12.8 Å². The molecule has 1 N–H and O–H groups in total. The predicted octanol–water partition coefficient (Wildman–Crippen LogP) is 3.49. The first-order chi connectivity index (χ1) is 9.61. The fourth-order valence-electron chi connectivity index (χ4n) is 2.95. The van der Waals surface area contributed by atoms with Gasteiger partial charge >= 0.3 is 5.97 Å². The van der Waals surface area contributed by atoms with Crippen molar-refractivity contribution in [3.8, 4) is 0 Å². The molecule has 20 heavy (non-hydrogen) atoms. The van der Waals surface area contributed by atoms with E-state index in [1.807, 2.05) is 6.92 Å². The maximum Gasteiger partial charge on any atom is 0.341 e. The summed E-state index contributed by atoms with van der Waals surface area (Å²) in [6, 6.07) is 3.92. The standard InChI is InChI=1S/C16H24N2O2/c1-4-20-16(19)13-6-5-9-17-15(13)18-14-8-7-11(2)10-12(14)3/h5-6,9,11-12,14H,4,7-8,10H2,1-3H3,(H,17,18). The van der Waals surface area contributed by atoms with E-state index >= 15 is 0 Å². The maximum atomic E-state index is 11.9. The normalized spacial score (nSPS) is 26.1. The van der Waals surface area contributed by atoms with Crippen molar-refractivity contribution in [2.24, 2.45) is 11.8 Å². The van der Waals surface area contributed by atoms with E-state index in [2.05, 4.69) is 24.1 Å². The summed E-state index contributed by atoms with van der Waals surface area (Å²) in [5.41, 5.74) is 0.528. The summed E-state index contributed by atoms with van der Waals surface area (Å²) < 4.78 is 5.08. The zero-order valence-corrected chi connectivity index (χ0v) is 12.6. The van der Waals surface area contributed by atoms with E-state index in [-0.39, 0.29) is 5.97 Å². The number of anilines is 1. The molecule has 0 radical (unpaired) electrons. The van der Waals surface area contributed by atoms with Gasteiger partial charge in [0, 0.05) is 12.2 Å². The van der Waals surface area contributed by atoms with Crippen LogP contribution in [-0.4, -0.2) is 23.6 Å². The van der Waals surface area contributed by atoms with Gasteiger partial charge in [-0.2, -0.15) is 0 Å². The molecule has 3 atom stereocenters. The van der Waals surface area contributed by atoms with Crippen LogP contribution in [0.25, 0.3) is 0 Å². The minimum Gasteiger partial charge on any atom is -0.462 e. The molecule has 4 nitrogen and oxygen atoms in total. The number of rotatable bonds is 4. The summed E-state index contributed by atoms with van der Waals surface area (Å²) in [5.74, 6) is 1.73. The molecule has 0 aliphatic heterocycles. The number of aromatic nitrogens is 1. The van der Waals surface area contributed by atoms with Crippen LogP contribution in [0.15, 0.2) is 18.3 Å². The zero-order valence-electron chi connectivity index (χ0n) is 12.6. The molecule has 1 aliphatic rings. The third-order valence-corrected chi connectivity index (χ3v) is 4.06. The van der Waals surface area contributed by atoms with E-state index in [4.69, 9.17) is 4.74 Å². The second-order valence-electron chi connectivity index (χ2n) is 5.77. The Morgan fingerprint density at radius 1 is 1.45 bits per heavy atom. The van der Waals surface area contributed by atoms with Crippen molar-refractivity contribution < 1.29 is 9.53 Å². The summed E-state index contributed by atoms with van der Waals surface area (Å²) in [5, 5.41) is 3.45. The smallest absolute Gasteiger partial charge is 0.341 e. The topological polar surface area (TPSA) is 51.2 Å². The molecule has 0 aromatic carbocycles. The van der Waals surface area contributed by atoms with E-state index in [0.717, 1.165) is 12.3 Å². The van der Waals surface area contributed by atoms with Gasteiger partial charge in [0.2, 0.25) is 0 Å². The van der Waals surface area contributed by atoms with E-state index in [9.17, 15) is 4.79 Å². The van der Waals surface area contributed by atoms with Gasteiger partial charge in [0.05, 0.1) is 6.61 Å². The van der Waals surface area contributed by atoms with E-state index in [0.29, 0.717) is 29.9 Å². The molecule has 1 aromatic rings. The third-order valence-electron chi connectivity index (χ3n) is 4.06. The van der Waals surface area contributed by atoms with Crippen molar-refractivity contribution in [3.05, 3.63) is 23.9 Å². The largest absolute Gasteiger partial charge is 0.462 e. The molecule has 2 rings (SSSR count). The van der Waals surface area contributed by atoms with Crippen LogP contribution in [0.1, 0.15) is 50.4 Å². The first-order valence-corrected chi connectivity index (χ1v) is 7.50. The maximum absolute atomic E-state index is 11.9. The Morgan fingerprint density at radius 2 is 2.25 bits per heavy atom. The van der Waals surface area contributed by atoms with Gasteiger partial charge in [-0.05, 0) is 50.2 Å². The average molecular weight is 276 g/mol. The lowest BCUT2D eigenvalue weighted by Gasteiger charge is -2.33. The van der Waals surface area contributed by atoms with Gasteiger partial charge in [0.1, 0.15) is 11.4 Å². The van der Waals surface area contributed by atoms with E-state index < -0.39 is 0 Å². The summed E-state index contributed by atoms with van der Waals surface area (Å²) >= 11 is 0. The third kappa shape index (κ3) is 3.50. The number of hydrogen-bond acceptors (Lipinski definition) is 4. The minimum absolute atomic E-state index is 0.306. The highest BCUT2D eigenvalue weighted by Gasteiger charge is 2.26. The number of nitrogens with one attached hydrogen (secondary N) is 1. The van der Waals surface area contributed by atoms with Gasteiger partial charge in [-0.15, -0.1) is 0 Å². The lowest BCUT2D eigenvalue weighted by atomic mass is 9.80. The second-order valence-corrected chi connectivity index (χ2v) is 5.77. The van der Waals surface area contributed by atoms with E-state index in [1.54, 1.807) is 18.3 Å². The van der Waals surface area contributed by atoms with Gasteiger partial charge in [0.15, 0.2) is 0 Å². The van der Waals surface area contributed by atoms with Crippen LogP contribution in [0.2, 0.25) is 0 Å². The minimum atomic E-state index is -0.306. The number of ether oxygens (including phenoxy) is 1. The molecule has 3 unspecified atom stereocenters. The number of carbonyl (C=O) groups excluding carboxylic acids is 1. The van der Waals surface area contributed by atoms with Crippen molar-refractivity contribution in [1.82, 2.24) is 4.98 Å². The number of esters is 1. The van der Waals surface area contributed by atoms with Crippen molar-refractivity contribution in [3.63, 3.8) is 0 Å². The molecule has 1 aliphatic carbocycles. The monoisotopic (exact) mass is 276 g/mol. The highest BCUT2D eigenvalue weighted by atomic mass is 16.5. The van der Waals surface area contributed by atoms with Crippen LogP contribution in [0.3, 0.4) is 0 Å². The highest BCUT2D eigenvalue weighted by Crippen LogP contribution is 2.31. The lowest BCUT2D eigenvalue weighted by molar-refractivity contribution is 0.0527. The molecule has 1 heterocycles. The number of hydrogen-bond donors (Lipinski definition) is 1. The molecule has 0 spiro atoms. The van der Waals surface area contributed by atoms with Crippen LogP contribution in [0.5, 0.6) is 0 Å². The van der Waals surface area contributed by atoms with Gasteiger partial charge in [-0.25, -0.2) is 9.78 Å². The molecule has 0 saturated heterocycles. The SMILES string of the molecule is CCOC(=O)c1cccnc1NC1CCC(C)CC1C. The summed E-state index contributed by atoms with van der Waals surface area (Å²) in [6.07, 6.45) is 5.28. The van der Waals surface area contributed by atoms with Gasteiger partial charge in [-0.3, -0.25) is 0 Å². The Hall–Kier alpha value is -1.58. The van der Waals surface area contributed by atoms with Crippen molar-refractivity contribution in [1.29, 1.82) is 0 Å². The average Bonchev–Trinajstić information content (AvgIpc) is 2.43. The number of nitrogens with zero attached hydrogens (tertiary/aromatic N) is 1. The van der Waals surface area contributed by atoms with Crippen molar-refractivity contribution >= 4 is 11.8 Å². The highest BCUT2D eigenvalue weighted by molar-refractivity contribution is 5.94. The fourth-order valence-corrected chi connectivity index (χ4v) is 2.95. The Kier molecular flexibility index (Phi) is 4.99. The van der Waals surface area contributed by atoms with Gasteiger partial charge in [0.25, 0.3) is 0 Å². The summed E-state index contributed by atoms with van der Waals surface area (Å²) in [6.45, 7) is 6.76. The van der Waals surface area contributed by atoms with Crippen molar-refractivity contribution in [2.75, 3.05) is 11.9 Å². The Bertz CT molecular complexity index is 462. The molecule has 0 amide bonds. The molecule has 0 bridgehead atoms. The van der Waals surface area contributed by atoms with Crippen LogP contribution < -0.4 is 5.32 Å². The molecular formula is C16H24N2O2. The molecule has 1 saturated carbocycles. The van der Waals surface area contributed by atoms with Crippen LogP contribution in [0, 0.1) is 11.8 Å². The van der Waals surface area contributed by atoms with Crippen LogP contribution in [0.4, 0.5) is 5.82 Å². The second kappa shape index (κ2) is 6.73. The molecule has 1 aromatic heterocycles. The first-order valence-electron chi connectivity index (χ1n) is 7.50. The molecular weight excluding hydrogens is 252 g/mol. The van der Waals surface area contributed by atoms with Crippen LogP contribution >= 0.6 is 0 Å². The predicted molar refractivity (Wildman–Crippen MR) is 79.8 cm³/mol. The Labute approximate surface area is 120 Å². The van der Waals surface area contributed by atoms with Gasteiger partial charge in [-0.1, -0.05) is 13.8 Å². The van der Waals surface area contributed by atoms with Crippen molar-refractivity contribution in [2.45, 2.75) is 46.1 Å². The Morgan fingerprint density at radius 3 is 2.95 bits per heavy atom. The van der Waals surface area contributed by atoms with Crippen LogP contribution in [-0.2, 0) is 4.74 Å². The first kappa shape index (κ1) is 14.8. The molecule has 110 valence electrons. The zero-order chi connectivity index (χ0) is 14.5.